The van der Waals surface area contributed by atoms with E-state index in [-0.39, 0.29) is 25.2 Å². The molecule has 0 aliphatic heterocycles. The van der Waals surface area contributed by atoms with Crippen molar-refractivity contribution in [3.05, 3.63) is 0 Å². The fourth-order valence-electron chi connectivity index (χ4n) is 1.27. The van der Waals surface area contributed by atoms with E-state index in [1.807, 2.05) is 0 Å². The first-order valence-electron chi connectivity index (χ1n) is 8.00. The lowest BCUT2D eigenvalue weighted by atomic mass is 10.2. The van der Waals surface area contributed by atoms with Crippen molar-refractivity contribution in [3.8, 4) is 0 Å². The molecule has 25 heavy (non-hydrogen) atoms. The number of esters is 2. The van der Waals surface area contributed by atoms with Gasteiger partial charge in [0.1, 0.15) is 21.9 Å². The molecule has 0 atom stereocenters. The van der Waals surface area contributed by atoms with Gasteiger partial charge in [0.2, 0.25) is 0 Å². The van der Waals surface area contributed by atoms with Gasteiger partial charge in [0.05, 0.1) is 39.6 Å². The van der Waals surface area contributed by atoms with Gasteiger partial charge < -0.3 is 23.7 Å². The first-order chi connectivity index (χ1) is 11.5. The van der Waals surface area contributed by atoms with E-state index in [4.69, 9.17) is 23.7 Å². The van der Waals surface area contributed by atoms with Crippen LogP contribution in [0.1, 0.15) is 27.7 Å². The van der Waals surface area contributed by atoms with Crippen LogP contribution in [0, 0.1) is 0 Å². The molecule has 0 unspecified atom stereocenters. The first-order valence-corrected chi connectivity index (χ1v) is 9.59. The molecular weight excluding hydrogens is 464 g/mol. The Hall–Kier alpha value is -0.220. The van der Waals surface area contributed by atoms with Crippen molar-refractivity contribution in [2.24, 2.45) is 0 Å². The van der Waals surface area contributed by atoms with E-state index in [0.717, 1.165) is 0 Å². The average molecular weight is 492 g/mol. The van der Waals surface area contributed by atoms with Gasteiger partial charge >= 0.3 is 11.9 Å². The van der Waals surface area contributed by atoms with Crippen molar-refractivity contribution in [1.29, 1.82) is 0 Å². The number of ether oxygens (including phenoxy) is 5. The van der Waals surface area contributed by atoms with Gasteiger partial charge in [0.25, 0.3) is 0 Å². The second-order valence-electron chi connectivity index (χ2n) is 6.05. The Bertz CT molecular complexity index is 353. The van der Waals surface area contributed by atoms with E-state index < -0.39 is 8.65 Å². The minimum Gasteiger partial charge on any atom is -0.462 e. The molecule has 0 spiro atoms. The molecule has 0 aromatic carbocycles. The summed E-state index contributed by atoms with van der Waals surface area (Å²) in [6, 6.07) is 0. The van der Waals surface area contributed by atoms with Gasteiger partial charge in [-0.15, -0.1) is 0 Å². The third kappa shape index (κ3) is 14.6. The molecule has 0 radical (unpaired) electrons. The highest BCUT2D eigenvalue weighted by atomic mass is 79.9. The van der Waals surface area contributed by atoms with Gasteiger partial charge in [0, 0.05) is 0 Å². The van der Waals surface area contributed by atoms with Gasteiger partial charge in [0.15, 0.2) is 0 Å². The van der Waals surface area contributed by atoms with E-state index in [2.05, 4.69) is 31.9 Å². The molecule has 9 heteroatoms. The van der Waals surface area contributed by atoms with E-state index in [9.17, 15) is 9.59 Å². The maximum Gasteiger partial charge on any atom is 0.322 e. The largest absolute Gasteiger partial charge is 0.462 e. The zero-order valence-electron chi connectivity index (χ0n) is 15.3. The third-order valence-electron chi connectivity index (χ3n) is 2.64. The van der Waals surface area contributed by atoms with E-state index in [1.54, 1.807) is 27.7 Å². The van der Waals surface area contributed by atoms with Crippen molar-refractivity contribution in [2.75, 3.05) is 52.9 Å². The van der Waals surface area contributed by atoms with E-state index in [1.165, 1.54) is 0 Å². The van der Waals surface area contributed by atoms with Crippen molar-refractivity contribution < 1.29 is 33.3 Å². The zero-order valence-corrected chi connectivity index (χ0v) is 18.4. The molecule has 148 valence electrons. The lowest BCUT2D eigenvalue weighted by Crippen LogP contribution is -2.28. The Morgan fingerprint density at radius 3 is 1.08 bits per heavy atom. The maximum absolute atomic E-state index is 11.4. The fraction of sp³-hybridized carbons (Fsp3) is 0.875. The van der Waals surface area contributed by atoms with Crippen LogP contribution in [0.15, 0.2) is 0 Å². The monoisotopic (exact) mass is 490 g/mol. The molecule has 0 saturated heterocycles. The maximum atomic E-state index is 11.4. The summed E-state index contributed by atoms with van der Waals surface area (Å²) in [7, 11) is 0. The smallest absolute Gasteiger partial charge is 0.322 e. The summed E-state index contributed by atoms with van der Waals surface area (Å²) in [5.41, 5.74) is 0. The molecule has 0 heterocycles. The van der Waals surface area contributed by atoms with Crippen LogP contribution in [0.25, 0.3) is 0 Å². The normalized spacial score (nSPS) is 12.1. The van der Waals surface area contributed by atoms with Crippen LogP contribution in [-0.4, -0.2) is 73.4 Å². The molecule has 0 fully saturated rings. The van der Waals surface area contributed by atoms with Gasteiger partial charge in [-0.25, -0.2) is 0 Å². The summed E-state index contributed by atoms with van der Waals surface area (Å²) >= 11 is 6.44. The van der Waals surface area contributed by atoms with Gasteiger partial charge in [-0.3, -0.25) is 9.59 Å². The highest BCUT2D eigenvalue weighted by Gasteiger charge is 2.25. The van der Waals surface area contributed by atoms with Crippen LogP contribution < -0.4 is 0 Å². The van der Waals surface area contributed by atoms with Gasteiger partial charge in [-0.1, -0.05) is 31.9 Å². The molecule has 0 N–H and O–H groups in total. The molecule has 0 saturated carbocycles. The van der Waals surface area contributed by atoms with Crippen molar-refractivity contribution in [3.63, 3.8) is 0 Å². The van der Waals surface area contributed by atoms with Crippen LogP contribution in [0.2, 0.25) is 0 Å². The number of alkyl halides is 2. The second kappa shape index (κ2) is 13.0. The topological polar surface area (TPSA) is 80.3 Å². The van der Waals surface area contributed by atoms with Crippen LogP contribution in [0.4, 0.5) is 0 Å². The molecule has 0 aromatic rings. The summed E-state index contributed by atoms with van der Waals surface area (Å²) in [5, 5.41) is 0. The summed E-state index contributed by atoms with van der Waals surface area (Å²) in [4.78, 5) is 22.9. The lowest BCUT2D eigenvalue weighted by Gasteiger charge is -2.15. The standard InChI is InChI=1S/C16H28Br2O7/c1-15(2,17)13(19)24-11-9-22-7-5-21-6-8-23-10-12-25-14(20)16(3,4)18/h5-12H2,1-4H3. The number of carbonyl (C=O) groups is 2. The Kier molecular flexibility index (Phi) is 12.9. The lowest BCUT2D eigenvalue weighted by molar-refractivity contribution is -0.147. The van der Waals surface area contributed by atoms with Crippen LogP contribution in [-0.2, 0) is 33.3 Å². The quantitative estimate of drug-likeness (QED) is 0.210. The van der Waals surface area contributed by atoms with Crippen molar-refractivity contribution in [2.45, 2.75) is 36.3 Å². The Morgan fingerprint density at radius 2 is 0.840 bits per heavy atom. The number of rotatable bonds is 14. The first kappa shape index (κ1) is 24.8. The summed E-state index contributed by atoms with van der Waals surface area (Å²) in [6.45, 7) is 9.62. The molecule has 0 bridgehead atoms. The number of hydrogen-bond donors (Lipinski definition) is 0. The van der Waals surface area contributed by atoms with E-state index >= 15 is 0 Å². The summed E-state index contributed by atoms with van der Waals surface area (Å²) < 4.78 is 24.5. The predicted octanol–water partition coefficient (Wildman–Crippen LogP) is 2.47. The minimum atomic E-state index is -0.682. The highest BCUT2D eigenvalue weighted by molar-refractivity contribution is 9.10. The number of halogens is 2. The number of carbonyl (C=O) groups excluding carboxylic acids is 2. The Labute approximate surface area is 166 Å². The molecule has 0 aliphatic rings. The second-order valence-corrected chi connectivity index (χ2v) is 10.0. The van der Waals surface area contributed by atoms with Gasteiger partial charge in [-0.2, -0.15) is 0 Å². The molecule has 0 aromatic heterocycles. The van der Waals surface area contributed by atoms with Crippen molar-refractivity contribution >= 4 is 43.8 Å². The molecular formula is C16H28Br2O7. The SMILES string of the molecule is CC(C)(Br)C(=O)OCCOCCOCCOCCOC(=O)C(C)(C)Br. The van der Waals surface area contributed by atoms with Crippen LogP contribution in [0.5, 0.6) is 0 Å². The van der Waals surface area contributed by atoms with Crippen LogP contribution in [0.3, 0.4) is 0 Å². The Morgan fingerprint density at radius 1 is 0.600 bits per heavy atom. The molecule has 0 amide bonds. The predicted molar refractivity (Wildman–Crippen MR) is 100 cm³/mol. The van der Waals surface area contributed by atoms with E-state index in [0.29, 0.717) is 39.6 Å². The Balaban J connectivity index is 3.30. The third-order valence-corrected chi connectivity index (χ3v) is 3.28. The fourth-order valence-corrected chi connectivity index (χ4v) is 1.50. The molecule has 0 rings (SSSR count). The summed E-state index contributed by atoms with van der Waals surface area (Å²) in [6.07, 6.45) is 0. The minimum absolute atomic E-state index is 0.209. The number of hydrogen-bond acceptors (Lipinski definition) is 7. The van der Waals surface area contributed by atoms with Crippen molar-refractivity contribution in [1.82, 2.24) is 0 Å². The molecule has 7 nitrogen and oxygen atoms in total. The molecule has 0 aliphatic carbocycles. The van der Waals surface area contributed by atoms with Gasteiger partial charge in [-0.05, 0) is 27.7 Å². The summed E-state index contributed by atoms with van der Waals surface area (Å²) in [5.74, 6) is -0.648. The highest BCUT2D eigenvalue weighted by Crippen LogP contribution is 2.17. The zero-order chi connectivity index (χ0) is 19.3. The van der Waals surface area contributed by atoms with Crippen LogP contribution >= 0.6 is 31.9 Å². The average Bonchev–Trinajstić information content (AvgIpc) is 2.49.